The van der Waals surface area contributed by atoms with Crippen LogP contribution in [-0.4, -0.2) is 29.6 Å². The second kappa shape index (κ2) is 7.97. The smallest absolute Gasteiger partial charge is 0.275 e. The summed E-state index contributed by atoms with van der Waals surface area (Å²) in [6, 6.07) is 4.70. The summed E-state index contributed by atoms with van der Waals surface area (Å²) in [6.07, 6.45) is 0.487. The number of carbonyl (C=O) groups excluding carboxylic acids is 2. The van der Waals surface area contributed by atoms with E-state index in [9.17, 15) is 14.7 Å². The zero-order valence-electron chi connectivity index (χ0n) is 11.7. The van der Waals surface area contributed by atoms with E-state index < -0.39 is 12.1 Å². The first-order valence-corrected chi connectivity index (χ1v) is 6.97. The number of carbonyl (C=O) groups is 2. The molecule has 1 heterocycles. The largest absolute Gasteiger partial charge is 0.547 e. The number of rotatable bonds is 3. The summed E-state index contributed by atoms with van der Waals surface area (Å²) in [5.74, 6) is -1.69. The van der Waals surface area contributed by atoms with Crippen molar-refractivity contribution in [2.24, 2.45) is 5.73 Å². The van der Waals surface area contributed by atoms with E-state index >= 15 is 0 Å². The maximum Gasteiger partial charge on any atom is 0.275 e. The zero-order valence-corrected chi connectivity index (χ0v) is 12.5. The van der Waals surface area contributed by atoms with Crippen LogP contribution in [0.4, 0.5) is 0 Å². The van der Waals surface area contributed by atoms with Crippen LogP contribution in [0.15, 0.2) is 18.2 Å². The lowest BCUT2D eigenvalue weighted by Crippen LogP contribution is -2.89. The topological polar surface area (TPSA) is 120 Å². The van der Waals surface area contributed by atoms with E-state index in [4.69, 9.17) is 22.4 Å². The molecule has 1 saturated heterocycles. The molecular formula is C14H19ClN2O4. The molecule has 0 saturated carbocycles. The van der Waals surface area contributed by atoms with E-state index in [0.717, 1.165) is 24.9 Å². The third-order valence-electron chi connectivity index (χ3n) is 3.14. The van der Waals surface area contributed by atoms with Gasteiger partial charge in [0, 0.05) is 17.9 Å². The third-order valence-corrected chi connectivity index (χ3v) is 3.36. The highest BCUT2D eigenvalue weighted by Gasteiger charge is 2.22. The molecule has 116 valence electrons. The highest BCUT2D eigenvalue weighted by atomic mass is 35.5. The number of halogens is 1. The van der Waals surface area contributed by atoms with E-state index in [1.165, 1.54) is 6.07 Å². The van der Waals surface area contributed by atoms with Crippen molar-refractivity contribution in [1.29, 1.82) is 0 Å². The minimum absolute atomic E-state index is 0.0787. The number of aliphatic hydroxyl groups is 1. The molecule has 2 atom stereocenters. The number of benzene rings is 1. The SMILES string of the molecule is Cc1cc(Cl)cc(C(O)C(=O)[O-])c1.NC(=O)C1CCC[NH2+]1. The van der Waals surface area contributed by atoms with Crippen molar-refractivity contribution < 1.29 is 25.1 Å². The van der Waals surface area contributed by atoms with Crippen molar-refractivity contribution in [2.45, 2.75) is 31.9 Å². The Bertz CT molecular complexity index is 495. The number of quaternary nitrogens is 1. The van der Waals surface area contributed by atoms with Crippen LogP contribution in [0.1, 0.15) is 30.1 Å². The highest BCUT2D eigenvalue weighted by Crippen LogP contribution is 2.19. The molecule has 0 aromatic heterocycles. The van der Waals surface area contributed by atoms with Crippen molar-refractivity contribution in [3.8, 4) is 0 Å². The van der Waals surface area contributed by atoms with E-state index in [1.807, 2.05) is 5.32 Å². The van der Waals surface area contributed by atoms with Crippen molar-refractivity contribution in [2.75, 3.05) is 6.54 Å². The van der Waals surface area contributed by atoms with Gasteiger partial charge in [-0.3, -0.25) is 4.79 Å². The third kappa shape index (κ3) is 5.71. The zero-order chi connectivity index (χ0) is 16.0. The molecular weight excluding hydrogens is 296 g/mol. The van der Waals surface area contributed by atoms with E-state index in [1.54, 1.807) is 19.1 Å². The number of aryl methyl sites for hydroxylation is 1. The molecule has 0 radical (unpaired) electrons. The fourth-order valence-corrected chi connectivity index (χ4v) is 2.39. The van der Waals surface area contributed by atoms with Crippen molar-refractivity contribution in [1.82, 2.24) is 0 Å². The normalized spacial score (nSPS) is 18.5. The first-order valence-electron chi connectivity index (χ1n) is 6.60. The lowest BCUT2D eigenvalue weighted by atomic mass is 10.1. The van der Waals surface area contributed by atoms with Crippen molar-refractivity contribution in [3.63, 3.8) is 0 Å². The standard InChI is InChI=1S/C9H9ClO3.C5H10N2O/c1-5-2-6(4-7(10)3-5)8(11)9(12)13;6-5(8)4-2-1-3-7-4/h2-4,8,11H,1H3,(H,12,13);4,7H,1-3H2,(H2,6,8). The Kier molecular flexibility index (Phi) is 6.61. The molecule has 1 aliphatic rings. The van der Waals surface area contributed by atoms with Gasteiger partial charge in [-0.2, -0.15) is 0 Å². The number of primary amides is 1. The van der Waals surface area contributed by atoms with E-state index in [-0.39, 0.29) is 17.5 Å². The monoisotopic (exact) mass is 314 g/mol. The molecule has 1 aromatic carbocycles. The first-order chi connectivity index (χ1) is 9.81. The molecule has 1 amide bonds. The van der Waals surface area contributed by atoms with Gasteiger partial charge >= 0.3 is 0 Å². The van der Waals surface area contributed by atoms with Gasteiger partial charge in [0.05, 0.1) is 12.5 Å². The average Bonchev–Trinajstić information content (AvgIpc) is 2.91. The van der Waals surface area contributed by atoms with Gasteiger partial charge in [0.15, 0.2) is 6.04 Å². The van der Waals surface area contributed by atoms with Crippen LogP contribution in [0, 0.1) is 6.92 Å². The highest BCUT2D eigenvalue weighted by molar-refractivity contribution is 6.30. The predicted octanol–water partition coefficient (Wildman–Crippen LogP) is -1.37. The summed E-state index contributed by atoms with van der Waals surface area (Å²) in [7, 11) is 0. The molecule has 2 unspecified atom stereocenters. The summed E-state index contributed by atoms with van der Waals surface area (Å²) < 4.78 is 0. The molecule has 0 bridgehead atoms. The van der Waals surface area contributed by atoms with Gasteiger partial charge in [-0.1, -0.05) is 17.7 Å². The first kappa shape index (κ1) is 17.4. The Morgan fingerprint density at radius 3 is 2.52 bits per heavy atom. The van der Waals surface area contributed by atoms with Gasteiger partial charge in [0.1, 0.15) is 6.10 Å². The van der Waals surface area contributed by atoms with Crippen LogP contribution in [-0.2, 0) is 9.59 Å². The number of hydrogen-bond donors (Lipinski definition) is 3. The Morgan fingerprint density at radius 1 is 1.48 bits per heavy atom. The molecule has 1 aromatic rings. The lowest BCUT2D eigenvalue weighted by Gasteiger charge is -2.12. The van der Waals surface area contributed by atoms with Crippen molar-refractivity contribution >= 4 is 23.5 Å². The van der Waals surface area contributed by atoms with E-state index in [2.05, 4.69) is 0 Å². The molecule has 5 N–H and O–H groups in total. The minimum Gasteiger partial charge on any atom is -0.547 e. The summed E-state index contributed by atoms with van der Waals surface area (Å²) in [6.45, 7) is 2.82. The summed E-state index contributed by atoms with van der Waals surface area (Å²) in [5.41, 5.74) is 6.06. The maximum absolute atomic E-state index is 10.4. The van der Waals surface area contributed by atoms with Gasteiger partial charge in [0.25, 0.3) is 5.91 Å². The molecule has 1 fully saturated rings. The number of aliphatic carboxylic acids is 1. The second-order valence-electron chi connectivity index (χ2n) is 4.96. The van der Waals surface area contributed by atoms with Crippen LogP contribution >= 0.6 is 11.6 Å². The summed E-state index contributed by atoms with van der Waals surface area (Å²) >= 11 is 5.67. The molecule has 2 rings (SSSR count). The molecule has 6 nitrogen and oxygen atoms in total. The molecule has 0 spiro atoms. The number of carboxylic acid groups (broad SMARTS) is 1. The number of nitrogens with two attached hydrogens (primary N) is 2. The van der Waals surface area contributed by atoms with Gasteiger partial charge in [-0.15, -0.1) is 0 Å². The number of hydrogen-bond acceptors (Lipinski definition) is 4. The molecule has 1 aliphatic heterocycles. The number of amides is 1. The second-order valence-corrected chi connectivity index (χ2v) is 5.40. The summed E-state index contributed by atoms with van der Waals surface area (Å²) in [4.78, 5) is 20.7. The number of aliphatic hydroxyl groups excluding tert-OH is 1. The van der Waals surface area contributed by atoms with Crippen LogP contribution < -0.4 is 16.2 Å². The fourth-order valence-electron chi connectivity index (χ4n) is 2.09. The number of carboxylic acids is 1. The fraction of sp³-hybridized carbons (Fsp3) is 0.429. The Hall–Kier alpha value is -1.63. The van der Waals surface area contributed by atoms with Gasteiger partial charge in [0.2, 0.25) is 0 Å². The quantitative estimate of drug-likeness (QED) is 0.637. The molecule has 0 aliphatic carbocycles. The Labute approximate surface area is 127 Å². The van der Waals surface area contributed by atoms with Gasteiger partial charge in [-0.05, 0) is 30.2 Å². The predicted molar refractivity (Wildman–Crippen MR) is 75.2 cm³/mol. The van der Waals surface area contributed by atoms with Gasteiger partial charge in [-0.25, -0.2) is 0 Å². The average molecular weight is 315 g/mol. The van der Waals surface area contributed by atoms with Crippen LogP contribution in [0.3, 0.4) is 0 Å². The van der Waals surface area contributed by atoms with E-state index in [0.29, 0.717) is 5.02 Å². The van der Waals surface area contributed by atoms with Gasteiger partial charge < -0.3 is 26.1 Å². The summed E-state index contributed by atoms with van der Waals surface area (Å²) in [5, 5.41) is 21.8. The van der Waals surface area contributed by atoms with Crippen molar-refractivity contribution in [3.05, 3.63) is 34.3 Å². The van der Waals surface area contributed by atoms with Crippen LogP contribution in [0.25, 0.3) is 0 Å². The lowest BCUT2D eigenvalue weighted by molar-refractivity contribution is -0.657. The van der Waals surface area contributed by atoms with Crippen LogP contribution in [0.5, 0.6) is 0 Å². The molecule has 21 heavy (non-hydrogen) atoms. The Morgan fingerprint density at radius 2 is 2.14 bits per heavy atom. The maximum atomic E-state index is 10.4. The Balaban J connectivity index is 0.000000235. The molecule has 7 heteroatoms. The van der Waals surface area contributed by atoms with Crippen LogP contribution in [0.2, 0.25) is 5.02 Å². The minimum atomic E-state index is -1.61.